The van der Waals surface area contributed by atoms with Crippen molar-refractivity contribution in [2.24, 2.45) is 0 Å². The standard InChI is InChI=1S/C28H25N3O3/c1-4-30(5-2)20-15-16-23-24(17-20)33-26-25(18(3)29-31(26)19-11-7-6-8-12-19)28(23)22-14-10-9-13-21(22)27(32)34-28/h6-17H,4-5H2,1-3H3. The number of hydrogen-bond donors (Lipinski definition) is 0. The van der Waals surface area contributed by atoms with Crippen molar-refractivity contribution in [1.82, 2.24) is 9.78 Å². The SMILES string of the molecule is CCN(CC)c1ccc2c(c1)Oc1c(c(C)nn1-c1ccccc1)C21OC(=O)c2ccccc21. The number of aryl methyl sites for hydroxylation is 1. The van der Waals surface area contributed by atoms with Gasteiger partial charge in [0, 0.05) is 36.0 Å². The Morgan fingerprint density at radius 3 is 2.44 bits per heavy atom. The lowest BCUT2D eigenvalue weighted by molar-refractivity contribution is 0.0221. The highest BCUT2D eigenvalue weighted by molar-refractivity contribution is 5.97. The van der Waals surface area contributed by atoms with E-state index in [9.17, 15) is 4.79 Å². The lowest BCUT2D eigenvalue weighted by Crippen LogP contribution is -2.33. The first-order valence-corrected chi connectivity index (χ1v) is 11.6. The smallest absolute Gasteiger partial charge is 0.340 e. The summed E-state index contributed by atoms with van der Waals surface area (Å²) in [5.41, 5.74) is 4.53. The molecule has 6 heteroatoms. The molecule has 0 fully saturated rings. The molecule has 2 aliphatic heterocycles. The van der Waals surface area contributed by atoms with Crippen LogP contribution in [0.1, 0.15) is 46.6 Å². The van der Waals surface area contributed by atoms with E-state index >= 15 is 0 Å². The zero-order chi connectivity index (χ0) is 23.4. The van der Waals surface area contributed by atoms with E-state index in [4.69, 9.17) is 14.6 Å². The highest BCUT2D eigenvalue weighted by Crippen LogP contribution is 2.57. The molecule has 4 aromatic rings. The van der Waals surface area contributed by atoms with E-state index in [-0.39, 0.29) is 5.97 Å². The van der Waals surface area contributed by atoms with Crippen molar-refractivity contribution in [3.05, 3.63) is 101 Å². The summed E-state index contributed by atoms with van der Waals surface area (Å²) in [5.74, 6) is 0.893. The molecular weight excluding hydrogens is 426 g/mol. The summed E-state index contributed by atoms with van der Waals surface area (Å²) in [6, 6.07) is 23.6. The van der Waals surface area contributed by atoms with Gasteiger partial charge in [0.1, 0.15) is 5.75 Å². The van der Waals surface area contributed by atoms with Gasteiger partial charge in [-0.25, -0.2) is 9.48 Å². The molecule has 170 valence electrons. The number of rotatable bonds is 4. The van der Waals surface area contributed by atoms with Crippen molar-refractivity contribution in [3.63, 3.8) is 0 Å². The van der Waals surface area contributed by atoms with E-state index in [0.717, 1.165) is 46.8 Å². The second kappa shape index (κ2) is 7.48. The predicted octanol–water partition coefficient (Wildman–Crippen LogP) is 5.59. The molecule has 1 aromatic heterocycles. The molecule has 1 unspecified atom stereocenters. The van der Waals surface area contributed by atoms with Crippen LogP contribution < -0.4 is 9.64 Å². The summed E-state index contributed by atoms with van der Waals surface area (Å²) in [6.45, 7) is 7.96. The summed E-state index contributed by atoms with van der Waals surface area (Å²) in [5, 5.41) is 4.84. The lowest BCUT2D eigenvalue weighted by atomic mass is 9.78. The van der Waals surface area contributed by atoms with E-state index < -0.39 is 5.60 Å². The molecule has 0 aliphatic carbocycles. The van der Waals surface area contributed by atoms with Gasteiger partial charge in [-0.3, -0.25) is 0 Å². The first-order chi connectivity index (χ1) is 16.6. The number of fused-ring (bicyclic) bond motifs is 6. The van der Waals surface area contributed by atoms with Gasteiger partial charge in [0.25, 0.3) is 0 Å². The number of para-hydroxylation sites is 1. The second-order valence-electron chi connectivity index (χ2n) is 8.58. The molecule has 1 spiro atoms. The molecule has 0 saturated heterocycles. The number of nitrogens with zero attached hydrogens (tertiary/aromatic N) is 3. The number of carbonyl (C=O) groups is 1. The van der Waals surface area contributed by atoms with E-state index in [0.29, 0.717) is 17.2 Å². The van der Waals surface area contributed by atoms with Crippen LogP contribution in [0.4, 0.5) is 5.69 Å². The molecule has 34 heavy (non-hydrogen) atoms. The van der Waals surface area contributed by atoms with Gasteiger partial charge < -0.3 is 14.4 Å². The molecule has 0 saturated carbocycles. The van der Waals surface area contributed by atoms with Crippen LogP contribution in [0, 0.1) is 6.92 Å². The van der Waals surface area contributed by atoms with Crippen LogP contribution in [0.25, 0.3) is 5.69 Å². The van der Waals surface area contributed by atoms with Gasteiger partial charge in [-0.05, 0) is 51.1 Å². The largest absolute Gasteiger partial charge is 0.440 e. The van der Waals surface area contributed by atoms with Crippen LogP contribution in [0.15, 0.2) is 72.8 Å². The molecular formula is C28H25N3O3. The van der Waals surface area contributed by atoms with E-state index in [1.165, 1.54) is 0 Å². The fourth-order valence-corrected chi connectivity index (χ4v) is 5.26. The third-order valence-corrected chi connectivity index (χ3v) is 6.82. The maximum atomic E-state index is 13.1. The summed E-state index contributed by atoms with van der Waals surface area (Å²) >= 11 is 0. The van der Waals surface area contributed by atoms with E-state index in [1.807, 2.05) is 73.7 Å². The minimum Gasteiger partial charge on any atom is -0.440 e. The molecule has 0 amide bonds. The lowest BCUT2D eigenvalue weighted by Gasteiger charge is -2.36. The molecule has 0 radical (unpaired) electrons. The Bertz CT molecular complexity index is 1420. The molecule has 6 nitrogen and oxygen atoms in total. The number of aromatic nitrogens is 2. The van der Waals surface area contributed by atoms with E-state index in [2.05, 4.69) is 24.8 Å². The molecule has 6 rings (SSSR count). The average Bonchev–Trinajstić information content (AvgIpc) is 3.35. The molecule has 2 aliphatic rings. The fourth-order valence-electron chi connectivity index (χ4n) is 5.26. The third kappa shape index (κ3) is 2.68. The maximum Gasteiger partial charge on any atom is 0.340 e. The van der Waals surface area contributed by atoms with E-state index in [1.54, 1.807) is 4.68 Å². The molecule has 3 aromatic carbocycles. The Kier molecular flexibility index (Phi) is 4.52. The zero-order valence-corrected chi connectivity index (χ0v) is 19.4. The minimum absolute atomic E-state index is 0.339. The van der Waals surface area contributed by atoms with Gasteiger partial charge >= 0.3 is 5.97 Å². The van der Waals surface area contributed by atoms with Crippen LogP contribution in [0.5, 0.6) is 11.6 Å². The fraction of sp³-hybridized carbons (Fsp3) is 0.214. The molecule has 3 heterocycles. The Hall–Kier alpha value is -4.06. The van der Waals surface area contributed by atoms with Gasteiger partial charge in [0.15, 0.2) is 5.60 Å². The average molecular weight is 452 g/mol. The minimum atomic E-state index is -1.12. The number of benzene rings is 3. The number of hydrogen-bond acceptors (Lipinski definition) is 5. The van der Waals surface area contributed by atoms with Crippen molar-refractivity contribution in [2.45, 2.75) is 26.4 Å². The Labute approximate surface area is 198 Å². The van der Waals surface area contributed by atoms with Crippen molar-refractivity contribution in [1.29, 1.82) is 0 Å². The second-order valence-corrected chi connectivity index (χ2v) is 8.58. The highest BCUT2D eigenvalue weighted by atomic mass is 16.6. The van der Waals surface area contributed by atoms with Crippen LogP contribution in [-0.4, -0.2) is 28.8 Å². The molecule has 1 atom stereocenters. The molecule has 0 N–H and O–H groups in total. The summed E-state index contributed by atoms with van der Waals surface area (Å²) < 4.78 is 14.7. The quantitative estimate of drug-likeness (QED) is 0.378. The maximum absolute atomic E-state index is 13.1. The van der Waals surface area contributed by atoms with Crippen molar-refractivity contribution >= 4 is 11.7 Å². The predicted molar refractivity (Wildman–Crippen MR) is 130 cm³/mol. The van der Waals surface area contributed by atoms with Crippen LogP contribution in [0.3, 0.4) is 0 Å². The number of anilines is 1. The van der Waals surface area contributed by atoms with Crippen molar-refractivity contribution in [2.75, 3.05) is 18.0 Å². The van der Waals surface area contributed by atoms with Gasteiger partial charge in [0.2, 0.25) is 5.88 Å². The number of ether oxygens (including phenoxy) is 2. The van der Waals surface area contributed by atoms with Gasteiger partial charge in [-0.15, -0.1) is 0 Å². The first kappa shape index (κ1) is 20.5. The number of carbonyl (C=O) groups excluding carboxylic acids is 1. The Morgan fingerprint density at radius 2 is 1.68 bits per heavy atom. The Balaban J connectivity index is 1.67. The highest BCUT2D eigenvalue weighted by Gasteiger charge is 2.56. The normalized spacial score (nSPS) is 17.6. The Morgan fingerprint density at radius 1 is 0.941 bits per heavy atom. The van der Waals surface area contributed by atoms with Gasteiger partial charge in [-0.1, -0.05) is 36.4 Å². The van der Waals surface area contributed by atoms with Gasteiger partial charge in [-0.2, -0.15) is 5.10 Å². The van der Waals surface area contributed by atoms with Gasteiger partial charge in [0.05, 0.1) is 22.5 Å². The third-order valence-electron chi connectivity index (χ3n) is 6.82. The van der Waals surface area contributed by atoms with Crippen molar-refractivity contribution < 1.29 is 14.3 Å². The summed E-state index contributed by atoms with van der Waals surface area (Å²) in [6.07, 6.45) is 0. The number of esters is 1. The monoisotopic (exact) mass is 451 g/mol. The molecule has 0 bridgehead atoms. The van der Waals surface area contributed by atoms with Crippen molar-refractivity contribution in [3.8, 4) is 17.3 Å². The topological polar surface area (TPSA) is 56.6 Å². The summed E-state index contributed by atoms with van der Waals surface area (Å²) in [4.78, 5) is 15.4. The van der Waals surface area contributed by atoms with Crippen LogP contribution in [-0.2, 0) is 10.3 Å². The first-order valence-electron chi connectivity index (χ1n) is 11.6. The summed E-state index contributed by atoms with van der Waals surface area (Å²) in [7, 11) is 0. The zero-order valence-electron chi connectivity index (χ0n) is 19.4. The van der Waals surface area contributed by atoms with Crippen LogP contribution in [0.2, 0.25) is 0 Å². The van der Waals surface area contributed by atoms with Crippen LogP contribution >= 0.6 is 0 Å².